The summed E-state index contributed by atoms with van der Waals surface area (Å²) in [6, 6.07) is 1.37. The van der Waals surface area contributed by atoms with Gasteiger partial charge in [0.1, 0.15) is 0 Å². The number of hydrogen-bond donors (Lipinski definition) is 1. The second kappa shape index (κ2) is 6.37. The molecule has 5 nitrogen and oxygen atoms in total. The van der Waals surface area contributed by atoms with E-state index in [4.69, 9.17) is 0 Å². The summed E-state index contributed by atoms with van der Waals surface area (Å²) in [5.41, 5.74) is -0.00651. The van der Waals surface area contributed by atoms with E-state index in [9.17, 15) is 22.0 Å². The number of alkyl halides is 2. The molecule has 1 aliphatic heterocycles. The molecule has 2 heterocycles. The monoisotopic (exact) mass is 338 g/mol. The lowest BCUT2D eigenvalue weighted by Crippen LogP contribution is -2.32. The zero-order valence-electron chi connectivity index (χ0n) is 11.4. The maximum Gasteiger partial charge on any atom is 0.273 e. The van der Waals surface area contributed by atoms with E-state index in [1.807, 2.05) is 0 Å². The number of thiophene rings is 1. The van der Waals surface area contributed by atoms with Crippen LogP contribution in [0.3, 0.4) is 0 Å². The van der Waals surface area contributed by atoms with Crippen LogP contribution in [-0.2, 0) is 10.0 Å². The molecule has 2 rings (SSSR count). The maximum absolute atomic E-state index is 12.7. The Labute approximate surface area is 126 Å². The third-order valence-electron chi connectivity index (χ3n) is 3.41. The fraction of sp³-hybridized carbons (Fsp3) is 0.583. The maximum atomic E-state index is 12.7. The van der Waals surface area contributed by atoms with Crippen LogP contribution in [0.25, 0.3) is 0 Å². The van der Waals surface area contributed by atoms with Gasteiger partial charge in [0.25, 0.3) is 12.3 Å². The summed E-state index contributed by atoms with van der Waals surface area (Å²) in [4.78, 5) is 11.7. The minimum absolute atomic E-state index is 0.00651. The summed E-state index contributed by atoms with van der Waals surface area (Å²) in [6.07, 6.45) is -0.870. The molecule has 9 heteroatoms. The van der Waals surface area contributed by atoms with E-state index in [2.05, 4.69) is 5.32 Å². The van der Waals surface area contributed by atoms with Crippen LogP contribution in [0.15, 0.2) is 11.4 Å². The van der Waals surface area contributed by atoms with Crippen LogP contribution >= 0.6 is 11.3 Å². The molecule has 1 saturated heterocycles. The van der Waals surface area contributed by atoms with E-state index in [1.54, 1.807) is 0 Å². The minimum Gasteiger partial charge on any atom is -0.352 e. The Morgan fingerprint density at radius 2 is 2.29 bits per heavy atom. The highest BCUT2D eigenvalue weighted by Gasteiger charge is 2.29. The number of nitrogens with zero attached hydrogens (tertiary/aromatic N) is 1. The van der Waals surface area contributed by atoms with Crippen molar-refractivity contribution in [3.05, 3.63) is 21.9 Å². The third kappa shape index (κ3) is 3.98. The van der Waals surface area contributed by atoms with Crippen molar-refractivity contribution in [3.63, 3.8) is 0 Å². The lowest BCUT2D eigenvalue weighted by Gasteiger charge is -2.14. The van der Waals surface area contributed by atoms with Crippen LogP contribution in [0.1, 0.15) is 28.1 Å². The lowest BCUT2D eigenvalue weighted by atomic mass is 10.1. The molecule has 1 N–H and O–H groups in total. The fourth-order valence-electron chi connectivity index (χ4n) is 2.27. The van der Waals surface area contributed by atoms with Crippen LogP contribution in [0, 0.1) is 5.92 Å². The van der Waals surface area contributed by atoms with Gasteiger partial charge in [0.2, 0.25) is 10.0 Å². The first kappa shape index (κ1) is 16.3. The van der Waals surface area contributed by atoms with E-state index < -0.39 is 22.4 Å². The Balaban J connectivity index is 1.89. The molecule has 1 fully saturated rings. The first-order chi connectivity index (χ1) is 9.79. The van der Waals surface area contributed by atoms with Gasteiger partial charge in [-0.3, -0.25) is 4.79 Å². The second-order valence-electron chi connectivity index (χ2n) is 4.98. The molecule has 0 aliphatic carbocycles. The van der Waals surface area contributed by atoms with Crippen LogP contribution in [-0.4, -0.2) is 44.5 Å². The normalized spacial score (nSPS) is 20.1. The molecular formula is C12H16F2N2O3S2. The molecule has 21 heavy (non-hydrogen) atoms. The summed E-state index contributed by atoms with van der Waals surface area (Å²) < 4.78 is 49.5. The van der Waals surface area contributed by atoms with Crippen LogP contribution < -0.4 is 5.32 Å². The van der Waals surface area contributed by atoms with Crippen molar-refractivity contribution in [1.82, 2.24) is 9.62 Å². The number of hydrogen-bond acceptors (Lipinski definition) is 4. The molecule has 0 spiro atoms. The van der Waals surface area contributed by atoms with Crippen LogP contribution in [0.2, 0.25) is 0 Å². The van der Waals surface area contributed by atoms with Gasteiger partial charge in [0.05, 0.1) is 16.7 Å². The summed E-state index contributed by atoms with van der Waals surface area (Å²) in [5, 5.41) is 4.06. The predicted octanol–water partition coefficient (Wildman–Crippen LogP) is 1.70. The van der Waals surface area contributed by atoms with E-state index >= 15 is 0 Å². The average molecular weight is 338 g/mol. The van der Waals surface area contributed by atoms with E-state index in [1.165, 1.54) is 15.8 Å². The van der Waals surface area contributed by atoms with Gasteiger partial charge in [-0.25, -0.2) is 21.5 Å². The van der Waals surface area contributed by atoms with Crippen molar-refractivity contribution in [2.75, 3.05) is 25.9 Å². The molecule has 0 saturated carbocycles. The summed E-state index contributed by atoms with van der Waals surface area (Å²) in [7, 11) is -3.21. The first-order valence-electron chi connectivity index (χ1n) is 6.38. The van der Waals surface area contributed by atoms with Crippen molar-refractivity contribution in [2.24, 2.45) is 5.92 Å². The molecule has 1 amide bonds. The van der Waals surface area contributed by atoms with Crippen LogP contribution in [0.5, 0.6) is 0 Å². The zero-order chi connectivity index (χ0) is 15.6. The van der Waals surface area contributed by atoms with Gasteiger partial charge in [-0.2, -0.15) is 0 Å². The molecule has 1 aliphatic rings. The van der Waals surface area contributed by atoms with Gasteiger partial charge in [-0.1, -0.05) is 0 Å². The Hall–Kier alpha value is -1.06. The zero-order valence-corrected chi connectivity index (χ0v) is 13.0. The van der Waals surface area contributed by atoms with Crippen molar-refractivity contribution in [1.29, 1.82) is 0 Å². The SMILES string of the molecule is CS(=O)(=O)N1CCC(CNC(=O)c2ccsc2C(F)F)C1. The minimum atomic E-state index is -3.21. The number of nitrogens with one attached hydrogen (secondary N) is 1. The number of carbonyl (C=O) groups excluding carboxylic acids is 1. The quantitative estimate of drug-likeness (QED) is 0.889. The molecule has 0 bridgehead atoms. The molecule has 1 unspecified atom stereocenters. The summed E-state index contributed by atoms with van der Waals surface area (Å²) in [5.74, 6) is -0.526. The lowest BCUT2D eigenvalue weighted by molar-refractivity contribution is 0.0937. The highest BCUT2D eigenvalue weighted by molar-refractivity contribution is 7.88. The molecule has 0 radical (unpaired) electrons. The largest absolute Gasteiger partial charge is 0.352 e. The molecule has 118 valence electrons. The Kier molecular flexibility index (Phi) is 4.95. The summed E-state index contributed by atoms with van der Waals surface area (Å²) in [6.45, 7) is 1.06. The number of carbonyl (C=O) groups is 1. The van der Waals surface area contributed by atoms with E-state index in [-0.39, 0.29) is 22.9 Å². The Morgan fingerprint density at radius 1 is 1.57 bits per heavy atom. The van der Waals surface area contributed by atoms with E-state index in [0.717, 1.165) is 17.6 Å². The van der Waals surface area contributed by atoms with Gasteiger partial charge >= 0.3 is 0 Å². The smallest absolute Gasteiger partial charge is 0.273 e. The van der Waals surface area contributed by atoms with Crippen molar-refractivity contribution < 1.29 is 22.0 Å². The van der Waals surface area contributed by atoms with Crippen molar-refractivity contribution >= 4 is 27.3 Å². The van der Waals surface area contributed by atoms with Gasteiger partial charge in [0, 0.05) is 19.6 Å². The third-order valence-corrected chi connectivity index (χ3v) is 5.60. The molecule has 1 aromatic heterocycles. The number of halogens is 2. The second-order valence-corrected chi connectivity index (χ2v) is 7.92. The van der Waals surface area contributed by atoms with Crippen LogP contribution in [0.4, 0.5) is 8.78 Å². The highest BCUT2D eigenvalue weighted by Crippen LogP contribution is 2.28. The topological polar surface area (TPSA) is 66.5 Å². The van der Waals surface area contributed by atoms with Crippen molar-refractivity contribution in [3.8, 4) is 0 Å². The standard InChI is InChI=1S/C12H16F2N2O3S2/c1-21(18,19)16-4-2-8(7-16)6-15-12(17)9-3-5-20-10(9)11(13)14/h3,5,8,11H,2,4,6-7H2,1H3,(H,15,17). The van der Waals surface area contributed by atoms with Gasteiger partial charge in [0.15, 0.2) is 0 Å². The number of rotatable bonds is 5. The van der Waals surface area contributed by atoms with E-state index in [0.29, 0.717) is 19.5 Å². The van der Waals surface area contributed by atoms with Crippen molar-refractivity contribution in [2.45, 2.75) is 12.8 Å². The van der Waals surface area contributed by atoms with Gasteiger partial charge in [-0.15, -0.1) is 11.3 Å². The average Bonchev–Trinajstić information content (AvgIpc) is 3.04. The molecule has 1 aromatic rings. The summed E-state index contributed by atoms with van der Waals surface area (Å²) >= 11 is 0.849. The predicted molar refractivity (Wildman–Crippen MR) is 76.1 cm³/mol. The molecule has 0 aromatic carbocycles. The number of amides is 1. The highest BCUT2D eigenvalue weighted by atomic mass is 32.2. The first-order valence-corrected chi connectivity index (χ1v) is 9.10. The number of sulfonamides is 1. The van der Waals surface area contributed by atoms with Gasteiger partial charge < -0.3 is 5.32 Å². The molecule has 1 atom stereocenters. The Morgan fingerprint density at radius 3 is 2.86 bits per heavy atom. The fourth-order valence-corrected chi connectivity index (χ4v) is 3.93. The van der Waals surface area contributed by atoms with Gasteiger partial charge in [-0.05, 0) is 23.8 Å². The Bertz CT molecular complexity index is 616. The molecular weight excluding hydrogens is 322 g/mol.